The lowest BCUT2D eigenvalue weighted by atomic mass is 10.2. The molecule has 82 valence electrons. The molecule has 1 aliphatic carbocycles. The van der Waals surface area contributed by atoms with E-state index in [4.69, 9.17) is 5.73 Å². The van der Waals surface area contributed by atoms with E-state index < -0.39 is 0 Å². The number of nitrogens with zero attached hydrogens (tertiary/aromatic N) is 1. The van der Waals surface area contributed by atoms with Gasteiger partial charge in [0.05, 0.1) is 0 Å². The van der Waals surface area contributed by atoms with Crippen molar-refractivity contribution in [3.63, 3.8) is 0 Å². The number of nitrogens with two attached hydrogens (primary N) is 1. The Morgan fingerprint density at radius 1 is 1.73 bits per heavy atom. The predicted octanol–water partition coefficient (Wildman–Crippen LogP) is 0.686. The molecule has 2 unspecified atom stereocenters. The monoisotopic (exact) mass is 208 g/mol. The van der Waals surface area contributed by atoms with Crippen LogP contribution in [0.1, 0.15) is 29.4 Å². The van der Waals surface area contributed by atoms with Gasteiger partial charge in [-0.2, -0.15) is 5.10 Å². The fourth-order valence-electron chi connectivity index (χ4n) is 1.73. The molecule has 1 fully saturated rings. The number of carbonyl (C=O) groups is 1. The number of amides is 1. The quantitative estimate of drug-likeness (QED) is 0.683. The number of nitrogen functional groups attached to an aromatic ring is 1. The number of H-pyrrole nitrogens is 1. The van der Waals surface area contributed by atoms with Gasteiger partial charge in [-0.3, -0.25) is 9.89 Å². The molecule has 0 saturated heterocycles. The molecule has 2 rings (SSSR count). The van der Waals surface area contributed by atoms with Crippen molar-refractivity contribution in [3.05, 3.63) is 11.3 Å². The highest BCUT2D eigenvalue weighted by Gasteiger charge is 2.32. The largest absolute Gasteiger partial charge is 0.382 e. The van der Waals surface area contributed by atoms with E-state index in [0.29, 0.717) is 17.2 Å². The molecule has 15 heavy (non-hydrogen) atoms. The number of hydrogen-bond acceptors (Lipinski definition) is 3. The summed E-state index contributed by atoms with van der Waals surface area (Å²) in [6, 6.07) is 0. The van der Waals surface area contributed by atoms with E-state index in [0.717, 1.165) is 12.5 Å². The molecule has 1 aromatic heterocycles. The molecule has 0 spiro atoms. The lowest BCUT2D eigenvalue weighted by molar-refractivity contribution is 0.0951. The zero-order valence-electron chi connectivity index (χ0n) is 9.00. The van der Waals surface area contributed by atoms with Crippen LogP contribution in [0.4, 0.5) is 5.82 Å². The van der Waals surface area contributed by atoms with Crippen LogP contribution >= 0.6 is 0 Å². The summed E-state index contributed by atoms with van der Waals surface area (Å²) >= 11 is 0. The highest BCUT2D eigenvalue weighted by atomic mass is 16.1. The number of carbonyl (C=O) groups excluding carboxylic acids is 1. The summed E-state index contributed by atoms with van der Waals surface area (Å²) in [6.45, 7) is 4.72. The fraction of sp³-hybridized carbons (Fsp3) is 0.600. The van der Waals surface area contributed by atoms with Crippen LogP contribution in [0.5, 0.6) is 0 Å². The Kier molecular flexibility index (Phi) is 2.38. The predicted molar refractivity (Wildman–Crippen MR) is 57.3 cm³/mol. The lowest BCUT2D eigenvalue weighted by Gasteiger charge is -2.03. The summed E-state index contributed by atoms with van der Waals surface area (Å²) in [5.41, 5.74) is 6.78. The number of nitrogens with one attached hydrogen (secondary N) is 2. The summed E-state index contributed by atoms with van der Waals surface area (Å²) in [4.78, 5) is 11.7. The van der Waals surface area contributed by atoms with Gasteiger partial charge in [0, 0.05) is 12.2 Å². The average Bonchev–Trinajstić information content (AvgIpc) is 2.78. The fourth-order valence-corrected chi connectivity index (χ4v) is 1.73. The van der Waals surface area contributed by atoms with Gasteiger partial charge in [-0.05, 0) is 25.2 Å². The molecule has 1 heterocycles. The molecule has 1 aliphatic rings. The molecular weight excluding hydrogens is 192 g/mol. The molecule has 0 radical (unpaired) electrons. The number of rotatable bonds is 3. The summed E-state index contributed by atoms with van der Waals surface area (Å²) in [5, 5.41) is 9.36. The Morgan fingerprint density at radius 3 is 2.87 bits per heavy atom. The minimum atomic E-state index is -0.127. The zero-order chi connectivity index (χ0) is 11.0. The Bertz CT molecular complexity index is 365. The van der Waals surface area contributed by atoms with Gasteiger partial charge in [0.2, 0.25) is 0 Å². The molecule has 1 amide bonds. The van der Waals surface area contributed by atoms with Gasteiger partial charge < -0.3 is 11.1 Å². The maximum Gasteiger partial charge on any atom is 0.256 e. The molecule has 0 aliphatic heterocycles. The summed E-state index contributed by atoms with van der Waals surface area (Å²) in [6.07, 6.45) is 1.21. The third-order valence-corrected chi connectivity index (χ3v) is 3.00. The van der Waals surface area contributed by atoms with Gasteiger partial charge in [-0.25, -0.2) is 0 Å². The smallest absolute Gasteiger partial charge is 0.256 e. The van der Waals surface area contributed by atoms with E-state index in [-0.39, 0.29) is 11.7 Å². The van der Waals surface area contributed by atoms with Crippen LogP contribution in [0.25, 0.3) is 0 Å². The van der Waals surface area contributed by atoms with Gasteiger partial charge in [0.1, 0.15) is 5.56 Å². The third kappa shape index (κ3) is 1.95. The van der Waals surface area contributed by atoms with Crippen LogP contribution in [-0.2, 0) is 0 Å². The zero-order valence-corrected chi connectivity index (χ0v) is 9.00. The highest BCUT2D eigenvalue weighted by Crippen LogP contribution is 2.36. The van der Waals surface area contributed by atoms with Crippen LogP contribution in [0.3, 0.4) is 0 Å². The first-order valence-corrected chi connectivity index (χ1v) is 5.18. The van der Waals surface area contributed by atoms with Crippen molar-refractivity contribution in [1.82, 2.24) is 15.5 Å². The van der Waals surface area contributed by atoms with Crippen LogP contribution in [0.15, 0.2) is 0 Å². The van der Waals surface area contributed by atoms with Gasteiger partial charge in [-0.1, -0.05) is 6.92 Å². The molecule has 4 N–H and O–H groups in total. The highest BCUT2D eigenvalue weighted by molar-refractivity contribution is 5.99. The Hall–Kier alpha value is -1.52. The van der Waals surface area contributed by atoms with Crippen LogP contribution < -0.4 is 11.1 Å². The van der Waals surface area contributed by atoms with Crippen molar-refractivity contribution in [2.45, 2.75) is 20.3 Å². The first-order chi connectivity index (χ1) is 7.09. The Labute approximate surface area is 88.4 Å². The summed E-state index contributed by atoms with van der Waals surface area (Å²) in [5.74, 6) is 1.53. The molecule has 1 saturated carbocycles. The van der Waals surface area contributed by atoms with Crippen LogP contribution in [0.2, 0.25) is 0 Å². The second kappa shape index (κ2) is 3.56. The lowest BCUT2D eigenvalue weighted by Crippen LogP contribution is -2.26. The van der Waals surface area contributed by atoms with E-state index in [2.05, 4.69) is 22.4 Å². The van der Waals surface area contributed by atoms with E-state index in [9.17, 15) is 4.79 Å². The van der Waals surface area contributed by atoms with E-state index in [1.165, 1.54) is 6.42 Å². The second-order valence-corrected chi connectivity index (χ2v) is 4.29. The van der Waals surface area contributed by atoms with Crippen molar-refractivity contribution < 1.29 is 4.79 Å². The van der Waals surface area contributed by atoms with Gasteiger partial charge in [0.25, 0.3) is 5.91 Å². The molecule has 2 atom stereocenters. The van der Waals surface area contributed by atoms with Crippen molar-refractivity contribution in [2.24, 2.45) is 11.8 Å². The van der Waals surface area contributed by atoms with Gasteiger partial charge >= 0.3 is 0 Å². The van der Waals surface area contributed by atoms with Crippen LogP contribution in [-0.4, -0.2) is 22.6 Å². The van der Waals surface area contributed by atoms with Crippen LogP contribution in [0, 0.1) is 18.8 Å². The van der Waals surface area contributed by atoms with Gasteiger partial charge in [-0.15, -0.1) is 0 Å². The second-order valence-electron chi connectivity index (χ2n) is 4.29. The van der Waals surface area contributed by atoms with E-state index >= 15 is 0 Å². The maximum absolute atomic E-state index is 11.7. The standard InChI is InChI=1S/C10H16N4O/c1-5-3-7(5)4-12-10(15)8-6(2)13-14-9(8)11/h5,7H,3-4H2,1-2H3,(H,12,15)(H3,11,13,14). The summed E-state index contributed by atoms with van der Waals surface area (Å²) in [7, 11) is 0. The minimum Gasteiger partial charge on any atom is -0.382 e. The molecule has 5 heteroatoms. The first-order valence-electron chi connectivity index (χ1n) is 5.18. The normalized spacial score (nSPS) is 23.9. The minimum absolute atomic E-state index is 0.127. The molecular formula is C10H16N4O. The molecule has 1 aromatic rings. The number of hydrogen-bond donors (Lipinski definition) is 3. The maximum atomic E-state index is 11.7. The molecule has 0 bridgehead atoms. The number of aromatic nitrogens is 2. The number of anilines is 1. The van der Waals surface area contributed by atoms with E-state index in [1.807, 2.05) is 0 Å². The summed E-state index contributed by atoms with van der Waals surface area (Å²) < 4.78 is 0. The SMILES string of the molecule is Cc1[nH]nc(N)c1C(=O)NCC1CC1C. The van der Waals surface area contributed by atoms with Crippen molar-refractivity contribution in [3.8, 4) is 0 Å². The van der Waals surface area contributed by atoms with Crippen molar-refractivity contribution in [1.29, 1.82) is 0 Å². The molecule has 5 nitrogen and oxygen atoms in total. The van der Waals surface area contributed by atoms with E-state index in [1.54, 1.807) is 6.92 Å². The topological polar surface area (TPSA) is 83.8 Å². The van der Waals surface area contributed by atoms with Crippen molar-refractivity contribution in [2.75, 3.05) is 12.3 Å². The number of aryl methyl sites for hydroxylation is 1. The average molecular weight is 208 g/mol. The molecule has 0 aromatic carbocycles. The number of aromatic amines is 1. The third-order valence-electron chi connectivity index (χ3n) is 3.00. The van der Waals surface area contributed by atoms with Gasteiger partial charge in [0.15, 0.2) is 5.82 Å². The first kappa shape index (κ1) is 10.0. The Balaban J connectivity index is 1.95. The van der Waals surface area contributed by atoms with Crippen molar-refractivity contribution >= 4 is 11.7 Å². The Morgan fingerprint density at radius 2 is 2.40 bits per heavy atom.